The molecule has 146 valence electrons. The highest BCUT2D eigenvalue weighted by Crippen LogP contribution is 2.38. The van der Waals surface area contributed by atoms with Gasteiger partial charge in [-0.15, -0.1) is 0 Å². The zero-order valence-corrected chi connectivity index (χ0v) is 15.7. The van der Waals surface area contributed by atoms with Gasteiger partial charge in [0.15, 0.2) is 0 Å². The fourth-order valence-corrected chi connectivity index (χ4v) is 5.13. The van der Waals surface area contributed by atoms with Gasteiger partial charge in [0, 0.05) is 13.1 Å². The third-order valence-electron chi connectivity index (χ3n) is 6.65. The minimum Gasteiger partial charge on any atom is -0.480 e. The summed E-state index contributed by atoms with van der Waals surface area (Å²) >= 11 is 0. The van der Waals surface area contributed by atoms with Crippen LogP contribution >= 0.6 is 0 Å². The molecular weight excluding hydrogens is 342 g/mol. The molecule has 27 heavy (non-hydrogen) atoms. The fraction of sp³-hybridized carbons (Fsp3) is 0.619. The number of carbonyl (C=O) groups excluding carboxylic acids is 1. The monoisotopic (exact) mass is 371 g/mol. The number of aliphatic carboxylic acids is 1. The Morgan fingerprint density at radius 3 is 2.63 bits per heavy atom. The molecule has 0 saturated carbocycles. The topological polar surface area (TPSA) is 81.7 Å². The molecule has 0 radical (unpaired) electrons. The van der Waals surface area contributed by atoms with Crippen molar-refractivity contribution < 1.29 is 14.7 Å². The molecule has 3 saturated heterocycles. The van der Waals surface area contributed by atoms with Gasteiger partial charge in [0.25, 0.3) is 0 Å². The van der Waals surface area contributed by atoms with Gasteiger partial charge in [0.1, 0.15) is 6.04 Å². The van der Waals surface area contributed by atoms with Crippen LogP contribution in [0.25, 0.3) is 0 Å². The third kappa shape index (κ3) is 3.87. The second-order valence-electron chi connectivity index (χ2n) is 8.52. The summed E-state index contributed by atoms with van der Waals surface area (Å²) in [6, 6.07) is 9.19. The molecule has 3 fully saturated rings. The molecule has 3 N–H and O–H groups in total. The van der Waals surface area contributed by atoms with Crippen molar-refractivity contribution in [3.63, 3.8) is 0 Å². The maximum Gasteiger partial charge on any atom is 0.326 e. The van der Waals surface area contributed by atoms with E-state index in [0.717, 1.165) is 45.3 Å². The highest BCUT2D eigenvalue weighted by atomic mass is 16.4. The minimum absolute atomic E-state index is 0.0200. The van der Waals surface area contributed by atoms with E-state index in [1.165, 1.54) is 5.56 Å². The van der Waals surface area contributed by atoms with Gasteiger partial charge < -0.3 is 20.6 Å². The van der Waals surface area contributed by atoms with Crippen LogP contribution in [0.1, 0.15) is 31.2 Å². The van der Waals surface area contributed by atoms with Gasteiger partial charge in [0.2, 0.25) is 5.91 Å². The summed E-state index contributed by atoms with van der Waals surface area (Å²) < 4.78 is 0. The molecule has 6 nitrogen and oxygen atoms in total. The summed E-state index contributed by atoms with van der Waals surface area (Å²) in [6.07, 6.45) is 4.37. The Hall–Kier alpha value is -1.92. The fourth-order valence-electron chi connectivity index (χ4n) is 5.13. The van der Waals surface area contributed by atoms with Crippen molar-refractivity contribution in [2.75, 3.05) is 26.2 Å². The number of nitrogens with one attached hydrogen (secondary N) is 2. The molecule has 3 unspecified atom stereocenters. The number of amides is 1. The van der Waals surface area contributed by atoms with E-state index < -0.39 is 12.0 Å². The molecule has 3 heterocycles. The van der Waals surface area contributed by atoms with Crippen molar-refractivity contribution in [1.82, 2.24) is 15.5 Å². The first-order chi connectivity index (χ1) is 13.1. The first-order valence-electron chi connectivity index (χ1n) is 10.1. The summed E-state index contributed by atoms with van der Waals surface area (Å²) in [6.45, 7) is 3.41. The molecule has 4 rings (SSSR count). The van der Waals surface area contributed by atoms with Crippen LogP contribution < -0.4 is 10.6 Å². The maximum absolute atomic E-state index is 13.2. The van der Waals surface area contributed by atoms with Crippen LogP contribution in [0, 0.1) is 11.3 Å². The Morgan fingerprint density at radius 1 is 1.19 bits per heavy atom. The molecule has 1 spiro atoms. The van der Waals surface area contributed by atoms with E-state index in [-0.39, 0.29) is 23.3 Å². The van der Waals surface area contributed by atoms with E-state index in [1.54, 1.807) is 4.90 Å². The lowest BCUT2D eigenvalue weighted by Crippen LogP contribution is -2.48. The number of rotatable bonds is 4. The van der Waals surface area contributed by atoms with Crippen molar-refractivity contribution in [3.05, 3.63) is 35.9 Å². The number of carbonyl (C=O) groups is 2. The minimum atomic E-state index is -0.881. The largest absolute Gasteiger partial charge is 0.480 e. The van der Waals surface area contributed by atoms with Crippen molar-refractivity contribution in [2.45, 2.75) is 44.2 Å². The highest BCUT2D eigenvalue weighted by molar-refractivity contribution is 5.88. The van der Waals surface area contributed by atoms with Gasteiger partial charge in [0.05, 0.1) is 6.04 Å². The van der Waals surface area contributed by atoms with Crippen LogP contribution in [0.5, 0.6) is 0 Å². The van der Waals surface area contributed by atoms with Gasteiger partial charge in [-0.3, -0.25) is 4.79 Å². The Bertz CT molecular complexity index is 687. The molecule has 3 aliphatic rings. The van der Waals surface area contributed by atoms with E-state index in [1.807, 2.05) is 18.2 Å². The van der Waals surface area contributed by atoms with Crippen LogP contribution in [0.15, 0.2) is 30.3 Å². The molecule has 6 heteroatoms. The smallest absolute Gasteiger partial charge is 0.326 e. The summed E-state index contributed by atoms with van der Waals surface area (Å²) in [4.78, 5) is 26.6. The predicted octanol–water partition coefficient (Wildman–Crippen LogP) is 1.26. The third-order valence-corrected chi connectivity index (χ3v) is 6.65. The summed E-state index contributed by atoms with van der Waals surface area (Å²) in [5.74, 6) is -0.700. The van der Waals surface area contributed by atoms with Crippen molar-refractivity contribution in [3.8, 4) is 0 Å². The zero-order valence-electron chi connectivity index (χ0n) is 15.7. The second kappa shape index (κ2) is 7.60. The first-order valence-corrected chi connectivity index (χ1v) is 10.1. The maximum atomic E-state index is 13.2. The predicted molar refractivity (Wildman–Crippen MR) is 102 cm³/mol. The lowest BCUT2D eigenvalue weighted by atomic mass is 9.77. The van der Waals surface area contributed by atoms with E-state index >= 15 is 0 Å². The number of hydrogen-bond acceptors (Lipinski definition) is 4. The van der Waals surface area contributed by atoms with E-state index in [4.69, 9.17) is 0 Å². The summed E-state index contributed by atoms with van der Waals surface area (Å²) in [5, 5.41) is 16.5. The number of carboxylic acid groups (broad SMARTS) is 1. The standard InChI is InChI=1S/C21H29N3O3/c25-19(17-12-21(14-23-17)6-8-22-9-7-21)24-13-16(11-18(24)20(26)27)10-15-4-2-1-3-5-15/h1-5,16-18,22-23H,6-14H2,(H,26,27). The Kier molecular flexibility index (Phi) is 5.19. The number of carboxylic acids is 1. The van der Waals surface area contributed by atoms with Gasteiger partial charge in [-0.25, -0.2) is 4.79 Å². The summed E-state index contributed by atoms with van der Waals surface area (Å²) in [5.41, 5.74) is 1.40. The van der Waals surface area contributed by atoms with Crippen molar-refractivity contribution in [1.29, 1.82) is 0 Å². The van der Waals surface area contributed by atoms with Gasteiger partial charge >= 0.3 is 5.97 Å². The average Bonchev–Trinajstić information content (AvgIpc) is 3.28. The first kappa shape index (κ1) is 18.4. The van der Waals surface area contributed by atoms with Crippen molar-refractivity contribution >= 4 is 11.9 Å². The molecule has 0 aromatic heterocycles. The van der Waals surface area contributed by atoms with E-state index in [2.05, 4.69) is 22.8 Å². The number of nitrogens with zero attached hydrogens (tertiary/aromatic N) is 1. The van der Waals surface area contributed by atoms with Crippen LogP contribution in [-0.2, 0) is 16.0 Å². The van der Waals surface area contributed by atoms with Crippen LogP contribution in [0.2, 0.25) is 0 Å². The SMILES string of the molecule is O=C(O)C1CC(Cc2ccccc2)CN1C(=O)C1CC2(CCNCC2)CN1. The van der Waals surface area contributed by atoms with Gasteiger partial charge in [-0.2, -0.15) is 0 Å². The number of hydrogen-bond donors (Lipinski definition) is 3. The molecule has 0 bridgehead atoms. The molecule has 1 amide bonds. The Morgan fingerprint density at radius 2 is 1.93 bits per heavy atom. The Balaban J connectivity index is 1.43. The van der Waals surface area contributed by atoms with Crippen LogP contribution in [0.3, 0.4) is 0 Å². The van der Waals surface area contributed by atoms with Crippen molar-refractivity contribution in [2.24, 2.45) is 11.3 Å². The normalized spacial score (nSPS) is 29.9. The number of piperidine rings is 1. The average molecular weight is 371 g/mol. The lowest BCUT2D eigenvalue weighted by molar-refractivity contribution is -0.149. The highest BCUT2D eigenvalue weighted by Gasteiger charge is 2.47. The molecule has 3 aliphatic heterocycles. The number of likely N-dealkylation sites (tertiary alicyclic amines) is 1. The van der Waals surface area contributed by atoms with Gasteiger partial charge in [-0.05, 0) is 62.1 Å². The quantitative estimate of drug-likeness (QED) is 0.742. The molecule has 1 aromatic carbocycles. The zero-order chi connectivity index (χ0) is 18.9. The van der Waals surface area contributed by atoms with E-state index in [0.29, 0.717) is 13.0 Å². The molecule has 0 aliphatic carbocycles. The van der Waals surface area contributed by atoms with E-state index in [9.17, 15) is 14.7 Å². The van der Waals surface area contributed by atoms with Gasteiger partial charge in [-0.1, -0.05) is 30.3 Å². The summed E-state index contributed by atoms with van der Waals surface area (Å²) in [7, 11) is 0. The second-order valence-corrected chi connectivity index (χ2v) is 8.52. The Labute approximate surface area is 160 Å². The van der Waals surface area contributed by atoms with Crippen LogP contribution in [0.4, 0.5) is 0 Å². The number of benzene rings is 1. The molecule has 1 aromatic rings. The van der Waals surface area contributed by atoms with Crippen LogP contribution in [-0.4, -0.2) is 60.1 Å². The molecular formula is C21H29N3O3. The lowest BCUT2D eigenvalue weighted by Gasteiger charge is -2.33. The molecule has 3 atom stereocenters.